The van der Waals surface area contributed by atoms with Gasteiger partial charge < -0.3 is 5.32 Å². The molecule has 21 heavy (non-hydrogen) atoms. The van der Waals surface area contributed by atoms with E-state index in [2.05, 4.69) is 10.0 Å². The van der Waals surface area contributed by atoms with Gasteiger partial charge in [-0.05, 0) is 24.6 Å². The van der Waals surface area contributed by atoms with Crippen molar-refractivity contribution in [3.63, 3.8) is 0 Å². The lowest BCUT2D eigenvalue weighted by molar-refractivity contribution is -0.138. The molecule has 8 heteroatoms. The number of sulfonamides is 1. The number of benzene rings is 1. The average molecular weight is 324 g/mol. The molecule has 0 fully saturated rings. The van der Waals surface area contributed by atoms with Crippen LogP contribution in [0.5, 0.6) is 0 Å². The van der Waals surface area contributed by atoms with E-state index in [9.17, 15) is 21.6 Å². The van der Waals surface area contributed by atoms with Crippen molar-refractivity contribution < 1.29 is 21.6 Å². The molecule has 0 aromatic heterocycles. The quantitative estimate of drug-likeness (QED) is 0.720. The maximum Gasteiger partial charge on any atom is 0.416 e. The molecule has 0 heterocycles. The molecule has 0 amide bonds. The van der Waals surface area contributed by atoms with E-state index in [0.29, 0.717) is 6.54 Å². The lowest BCUT2D eigenvalue weighted by Gasteiger charge is -2.13. The van der Waals surface area contributed by atoms with E-state index in [1.54, 1.807) is 0 Å². The topological polar surface area (TPSA) is 58.2 Å². The van der Waals surface area contributed by atoms with Crippen LogP contribution in [0.4, 0.5) is 13.2 Å². The number of rotatable bonds is 8. The van der Waals surface area contributed by atoms with Gasteiger partial charge in [-0.25, -0.2) is 13.1 Å². The zero-order valence-corrected chi connectivity index (χ0v) is 12.5. The van der Waals surface area contributed by atoms with Crippen LogP contribution in [-0.2, 0) is 22.7 Å². The van der Waals surface area contributed by atoms with Crippen LogP contribution in [-0.4, -0.2) is 27.3 Å². The molecule has 1 rings (SSSR count). The predicted molar refractivity (Wildman–Crippen MR) is 75.2 cm³/mol. The van der Waals surface area contributed by atoms with Gasteiger partial charge in [0, 0.05) is 13.1 Å². The van der Waals surface area contributed by atoms with Gasteiger partial charge in [-0.1, -0.05) is 25.1 Å². The Balaban J connectivity index is 2.63. The Morgan fingerprint density at radius 3 is 2.43 bits per heavy atom. The first-order chi connectivity index (χ1) is 9.76. The van der Waals surface area contributed by atoms with Gasteiger partial charge in [-0.15, -0.1) is 0 Å². The fourth-order valence-corrected chi connectivity index (χ4v) is 2.65. The summed E-state index contributed by atoms with van der Waals surface area (Å²) < 4.78 is 63.9. The zero-order chi connectivity index (χ0) is 15.9. The molecule has 0 spiro atoms. The summed E-state index contributed by atoms with van der Waals surface area (Å²) in [6, 6.07) is 4.92. The predicted octanol–water partition coefficient (Wildman–Crippen LogP) is 2.12. The first kappa shape index (κ1) is 17.9. The molecule has 0 radical (unpaired) electrons. The minimum Gasteiger partial charge on any atom is -0.316 e. The Labute approximate surface area is 122 Å². The SMILES string of the molecule is CCCNCCS(=O)(=O)NCc1ccccc1C(F)(F)F. The molecule has 0 saturated heterocycles. The Kier molecular flexibility index (Phi) is 6.63. The molecule has 0 unspecified atom stereocenters. The Bertz CT molecular complexity index is 545. The van der Waals surface area contributed by atoms with E-state index in [-0.39, 0.29) is 24.4 Å². The van der Waals surface area contributed by atoms with E-state index in [0.717, 1.165) is 12.5 Å². The van der Waals surface area contributed by atoms with Crippen LogP contribution in [0.3, 0.4) is 0 Å². The number of hydrogen-bond donors (Lipinski definition) is 2. The summed E-state index contributed by atoms with van der Waals surface area (Å²) in [5, 5.41) is 2.93. The Hall–Kier alpha value is -1.12. The molecule has 0 aliphatic heterocycles. The Morgan fingerprint density at radius 2 is 1.81 bits per heavy atom. The van der Waals surface area contributed by atoms with Crippen molar-refractivity contribution in [1.82, 2.24) is 10.0 Å². The highest BCUT2D eigenvalue weighted by atomic mass is 32.2. The molecule has 0 aliphatic carbocycles. The molecule has 1 aromatic rings. The second-order valence-electron chi connectivity index (χ2n) is 4.54. The van der Waals surface area contributed by atoms with Gasteiger partial charge in [0.1, 0.15) is 0 Å². The summed E-state index contributed by atoms with van der Waals surface area (Å²) in [4.78, 5) is 0. The number of hydrogen-bond acceptors (Lipinski definition) is 3. The number of alkyl halides is 3. The van der Waals surface area contributed by atoms with Gasteiger partial charge >= 0.3 is 6.18 Å². The van der Waals surface area contributed by atoms with E-state index >= 15 is 0 Å². The zero-order valence-electron chi connectivity index (χ0n) is 11.7. The number of nitrogens with one attached hydrogen (secondary N) is 2. The second kappa shape index (κ2) is 7.77. The summed E-state index contributed by atoms with van der Waals surface area (Å²) in [7, 11) is -3.60. The van der Waals surface area contributed by atoms with E-state index in [1.807, 2.05) is 6.92 Å². The molecule has 2 N–H and O–H groups in total. The fraction of sp³-hybridized carbons (Fsp3) is 0.538. The second-order valence-corrected chi connectivity index (χ2v) is 6.47. The summed E-state index contributed by atoms with van der Waals surface area (Å²) in [6.07, 6.45) is -3.61. The highest BCUT2D eigenvalue weighted by molar-refractivity contribution is 7.89. The summed E-state index contributed by atoms with van der Waals surface area (Å²) in [5.74, 6) is -0.165. The number of halogens is 3. The lowest BCUT2D eigenvalue weighted by atomic mass is 10.1. The molecular weight excluding hydrogens is 305 g/mol. The average Bonchev–Trinajstić information content (AvgIpc) is 2.41. The molecule has 0 bridgehead atoms. The van der Waals surface area contributed by atoms with Crippen molar-refractivity contribution in [3.8, 4) is 0 Å². The third-order valence-corrected chi connectivity index (χ3v) is 4.11. The van der Waals surface area contributed by atoms with Crippen LogP contribution < -0.4 is 10.0 Å². The fourth-order valence-electron chi connectivity index (χ4n) is 1.72. The highest BCUT2D eigenvalue weighted by Gasteiger charge is 2.32. The van der Waals surface area contributed by atoms with Crippen molar-refractivity contribution in [1.29, 1.82) is 0 Å². The molecule has 0 saturated carbocycles. The van der Waals surface area contributed by atoms with Crippen molar-refractivity contribution in [2.24, 2.45) is 0 Å². The van der Waals surface area contributed by atoms with E-state index in [1.165, 1.54) is 18.2 Å². The molecule has 0 aliphatic rings. The van der Waals surface area contributed by atoms with Gasteiger partial charge in [0.25, 0.3) is 0 Å². The van der Waals surface area contributed by atoms with Crippen LogP contribution in [0.25, 0.3) is 0 Å². The third-order valence-electron chi connectivity index (χ3n) is 2.78. The van der Waals surface area contributed by atoms with Crippen LogP contribution in [0, 0.1) is 0 Å². The van der Waals surface area contributed by atoms with Crippen molar-refractivity contribution in [2.45, 2.75) is 26.1 Å². The van der Waals surface area contributed by atoms with Gasteiger partial charge in [0.2, 0.25) is 10.0 Å². The molecule has 4 nitrogen and oxygen atoms in total. The standard InChI is InChI=1S/C13H19F3N2O2S/c1-2-7-17-8-9-21(19,20)18-10-11-5-3-4-6-12(11)13(14,15)16/h3-6,17-18H,2,7-10H2,1H3. The van der Waals surface area contributed by atoms with Gasteiger partial charge in [-0.3, -0.25) is 0 Å². The van der Waals surface area contributed by atoms with Crippen LogP contribution in [0.15, 0.2) is 24.3 Å². The monoisotopic (exact) mass is 324 g/mol. The normalized spacial score (nSPS) is 12.6. The Morgan fingerprint density at radius 1 is 1.14 bits per heavy atom. The van der Waals surface area contributed by atoms with Crippen molar-refractivity contribution in [3.05, 3.63) is 35.4 Å². The van der Waals surface area contributed by atoms with E-state index in [4.69, 9.17) is 0 Å². The summed E-state index contributed by atoms with van der Waals surface area (Å²) in [6.45, 7) is 2.55. The van der Waals surface area contributed by atoms with E-state index < -0.39 is 21.8 Å². The highest BCUT2D eigenvalue weighted by Crippen LogP contribution is 2.31. The molecule has 120 valence electrons. The first-order valence-electron chi connectivity index (χ1n) is 6.59. The maximum absolute atomic E-state index is 12.8. The van der Waals surface area contributed by atoms with Crippen LogP contribution in [0.2, 0.25) is 0 Å². The summed E-state index contributed by atoms with van der Waals surface area (Å²) in [5.41, 5.74) is -0.910. The van der Waals surface area contributed by atoms with Crippen LogP contribution >= 0.6 is 0 Å². The maximum atomic E-state index is 12.8. The van der Waals surface area contributed by atoms with Crippen molar-refractivity contribution in [2.75, 3.05) is 18.8 Å². The minimum atomic E-state index is -4.50. The van der Waals surface area contributed by atoms with Gasteiger partial charge in [0.15, 0.2) is 0 Å². The molecule has 1 aromatic carbocycles. The smallest absolute Gasteiger partial charge is 0.316 e. The van der Waals surface area contributed by atoms with Gasteiger partial charge in [0.05, 0.1) is 11.3 Å². The van der Waals surface area contributed by atoms with Crippen molar-refractivity contribution >= 4 is 10.0 Å². The molecule has 0 atom stereocenters. The van der Waals surface area contributed by atoms with Gasteiger partial charge in [-0.2, -0.15) is 13.2 Å². The largest absolute Gasteiger partial charge is 0.416 e. The third kappa shape index (κ3) is 6.45. The molecular formula is C13H19F3N2O2S. The van der Waals surface area contributed by atoms with Crippen LogP contribution in [0.1, 0.15) is 24.5 Å². The first-order valence-corrected chi connectivity index (χ1v) is 8.24. The lowest BCUT2D eigenvalue weighted by Crippen LogP contribution is -2.32. The summed E-state index contributed by atoms with van der Waals surface area (Å²) >= 11 is 0. The minimum absolute atomic E-state index is 0.0879.